The summed E-state index contributed by atoms with van der Waals surface area (Å²) in [4.78, 5) is 26.6. The van der Waals surface area contributed by atoms with Crippen molar-refractivity contribution < 1.29 is 9.59 Å². The third-order valence-corrected chi connectivity index (χ3v) is 6.04. The zero-order valence-corrected chi connectivity index (χ0v) is 15.8. The van der Waals surface area contributed by atoms with Gasteiger partial charge in [0.2, 0.25) is 16.9 Å². The van der Waals surface area contributed by atoms with Crippen molar-refractivity contribution in [2.45, 2.75) is 30.6 Å². The average molecular weight is 377 g/mol. The number of benzene rings is 1. The Bertz CT molecular complexity index is 750. The monoisotopic (exact) mass is 376 g/mol. The normalized spacial score (nSPS) is 18.4. The van der Waals surface area contributed by atoms with Gasteiger partial charge in [-0.25, -0.2) is 0 Å². The second-order valence-corrected chi connectivity index (χ2v) is 8.32. The Morgan fingerprint density at radius 3 is 2.88 bits per heavy atom. The number of hydrogen-bond donors (Lipinski definition) is 1. The summed E-state index contributed by atoms with van der Waals surface area (Å²) >= 11 is 2.95. The van der Waals surface area contributed by atoms with E-state index in [0.717, 1.165) is 15.7 Å². The number of aromatic nitrogens is 2. The number of nitrogens with zero attached hydrogens (tertiary/aromatic N) is 3. The highest BCUT2D eigenvalue weighted by atomic mass is 32.2. The largest absolute Gasteiger partial charge is 0.335 e. The maximum atomic E-state index is 12.5. The number of carbonyl (C=O) groups is 2. The minimum atomic E-state index is -0.357. The minimum absolute atomic E-state index is 0.0102. The van der Waals surface area contributed by atoms with Crippen LogP contribution in [0.1, 0.15) is 31.9 Å². The summed E-state index contributed by atoms with van der Waals surface area (Å²) in [7, 11) is 0. The first-order valence-corrected chi connectivity index (χ1v) is 10.00. The van der Waals surface area contributed by atoms with E-state index in [2.05, 4.69) is 15.5 Å². The van der Waals surface area contributed by atoms with Crippen LogP contribution in [0, 0.1) is 5.92 Å². The van der Waals surface area contributed by atoms with E-state index in [1.807, 2.05) is 44.2 Å². The van der Waals surface area contributed by atoms with E-state index in [4.69, 9.17) is 0 Å². The van der Waals surface area contributed by atoms with E-state index in [1.54, 1.807) is 16.7 Å². The Balaban J connectivity index is 1.62. The Hall–Kier alpha value is -1.93. The SMILES string of the molecule is CCSc1nnc(NC(=O)[C@@H]2CC(=O)N([C@H](C)c3ccccc3)C2)s1. The zero-order valence-electron chi connectivity index (χ0n) is 14.1. The predicted molar refractivity (Wildman–Crippen MR) is 99.6 cm³/mol. The highest BCUT2D eigenvalue weighted by Gasteiger charge is 2.37. The summed E-state index contributed by atoms with van der Waals surface area (Å²) in [6.07, 6.45) is 0.235. The summed E-state index contributed by atoms with van der Waals surface area (Å²) in [5.41, 5.74) is 1.07. The van der Waals surface area contributed by atoms with Crippen LogP contribution >= 0.6 is 23.1 Å². The van der Waals surface area contributed by atoms with Crippen LogP contribution in [0.15, 0.2) is 34.7 Å². The lowest BCUT2D eigenvalue weighted by Crippen LogP contribution is -2.30. The number of likely N-dealkylation sites (tertiary alicyclic amines) is 1. The molecule has 6 nitrogen and oxygen atoms in total. The smallest absolute Gasteiger partial charge is 0.231 e. The van der Waals surface area contributed by atoms with Crippen molar-refractivity contribution in [1.82, 2.24) is 15.1 Å². The highest BCUT2D eigenvalue weighted by molar-refractivity contribution is 8.01. The topological polar surface area (TPSA) is 75.2 Å². The summed E-state index contributed by atoms with van der Waals surface area (Å²) < 4.78 is 0.833. The van der Waals surface area contributed by atoms with Crippen molar-refractivity contribution in [2.75, 3.05) is 17.6 Å². The van der Waals surface area contributed by atoms with Crippen LogP contribution in [0.2, 0.25) is 0 Å². The molecule has 2 amide bonds. The van der Waals surface area contributed by atoms with Crippen LogP contribution in [0.4, 0.5) is 5.13 Å². The molecule has 1 fully saturated rings. The Morgan fingerprint density at radius 1 is 1.40 bits per heavy atom. The molecule has 2 atom stereocenters. The number of hydrogen-bond acceptors (Lipinski definition) is 6. The van der Waals surface area contributed by atoms with Gasteiger partial charge >= 0.3 is 0 Å². The van der Waals surface area contributed by atoms with Gasteiger partial charge in [-0.2, -0.15) is 0 Å². The molecule has 1 aliphatic rings. The number of anilines is 1. The Labute approximate surface area is 155 Å². The maximum absolute atomic E-state index is 12.5. The molecule has 0 bridgehead atoms. The van der Waals surface area contributed by atoms with Gasteiger partial charge < -0.3 is 10.2 Å². The van der Waals surface area contributed by atoms with Crippen LogP contribution in [-0.4, -0.2) is 39.2 Å². The van der Waals surface area contributed by atoms with Gasteiger partial charge in [0, 0.05) is 13.0 Å². The van der Waals surface area contributed by atoms with Crippen molar-refractivity contribution in [3.8, 4) is 0 Å². The van der Waals surface area contributed by atoms with Gasteiger partial charge in [0.15, 0.2) is 4.34 Å². The van der Waals surface area contributed by atoms with Gasteiger partial charge in [-0.15, -0.1) is 10.2 Å². The lowest BCUT2D eigenvalue weighted by Gasteiger charge is -2.25. The fraction of sp³-hybridized carbons (Fsp3) is 0.412. The fourth-order valence-corrected chi connectivity index (χ4v) is 4.49. The second kappa shape index (κ2) is 7.97. The van der Waals surface area contributed by atoms with Crippen molar-refractivity contribution in [2.24, 2.45) is 5.92 Å². The highest BCUT2D eigenvalue weighted by Crippen LogP contribution is 2.30. The quantitative estimate of drug-likeness (QED) is 0.619. The molecule has 0 saturated carbocycles. The Kier molecular flexibility index (Phi) is 5.70. The molecule has 1 aliphatic heterocycles. The molecule has 2 aromatic rings. The molecule has 1 aromatic carbocycles. The first-order valence-electron chi connectivity index (χ1n) is 8.20. The van der Waals surface area contributed by atoms with E-state index in [0.29, 0.717) is 11.7 Å². The van der Waals surface area contributed by atoms with E-state index < -0.39 is 0 Å². The third kappa shape index (κ3) is 4.19. The van der Waals surface area contributed by atoms with E-state index >= 15 is 0 Å². The molecular formula is C17H20N4O2S2. The molecule has 0 aliphatic carbocycles. The zero-order chi connectivity index (χ0) is 17.8. The molecule has 1 N–H and O–H groups in total. The lowest BCUT2D eigenvalue weighted by atomic mass is 10.1. The standard InChI is InChI=1S/C17H20N4O2S2/c1-3-24-17-20-19-16(25-17)18-15(23)13-9-14(22)21(10-13)11(2)12-7-5-4-6-8-12/h4-8,11,13H,3,9-10H2,1-2H3,(H,18,19,23)/t11-,13-/m1/s1. The van der Waals surface area contributed by atoms with Gasteiger partial charge in [0.05, 0.1) is 12.0 Å². The summed E-state index contributed by atoms with van der Waals surface area (Å²) in [6.45, 7) is 4.46. The molecule has 0 spiro atoms. The van der Waals surface area contributed by atoms with Crippen LogP contribution in [0.25, 0.3) is 0 Å². The molecule has 3 rings (SSSR count). The molecule has 0 radical (unpaired) electrons. The van der Waals surface area contributed by atoms with E-state index in [-0.39, 0.29) is 30.2 Å². The Morgan fingerprint density at radius 2 is 2.16 bits per heavy atom. The molecule has 2 heterocycles. The van der Waals surface area contributed by atoms with E-state index in [9.17, 15) is 9.59 Å². The van der Waals surface area contributed by atoms with Gasteiger partial charge in [0.1, 0.15) is 0 Å². The second-order valence-electron chi connectivity index (χ2n) is 5.83. The number of rotatable bonds is 6. The number of carbonyl (C=O) groups excluding carboxylic acids is 2. The third-order valence-electron chi connectivity index (χ3n) is 4.18. The van der Waals surface area contributed by atoms with Crippen molar-refractivity contribution >= 4 is 40.0 Å². The van der Waals surface area contributed by atoms with Crippen LogP contribution in [0.5, 0.6) is 0 Å². The fourth-order valence-electron chi connectivity index (χ4n) is 2.84. The summed E-state index contributed by atoms with van der Waals surface area (Å²) in [6, 6.07) is 9.82. The van der Waals surface area contributed by atoms with Crippen LogP contribution in [-0.2, 0) is 9.59 Å². The molecule has 25 heavy (non-hydrogen) atoms. The van der Waals surface area contributed by atoms with Crippen LogP contribution in [0.3, 0.4) is 0 Å². The van der Waals surface area contributed by atoms with Crippen molar-refractivity contribution in [1.29, 1.82) is 0 Å². The molecule has 8 heteroatoms. The average Bonchev–Trinajstić information content (AvgIpc) is 3.22. The van der Waals surface area contributed by atoms with Gasteiger partial charge in [-0.1, -0.05) is 60.4 Å². The van der Waals surface area contributed by atoms with Crippen molar-refractivity contribution in [3.63, 3.8) is 0 Å². The number of nitrogens with one attached hydrogen (secondary N) is 1. The molecule has 1 aromatic heterocycles. The predicted octanol–water partition coefficient (Wildman–Crippen LogP) is 3.20. The first kappa shape index (κ1) is 17.9. The van der Waals surface area contributed by atoms with Gasteiger partial charge in [-0.3, -0.25) is 9.59 Å². The first-order chi connectivity index (χ1) is 12.1. The summed E-state index contributed by atoms with van der Waals surface area (Å²) in [5.74, 6) is 0.396. The van der Waals surface area contributed by atoms with Crippen LogP contribution < -0.4 is 5.32 Å². The van der Waals surface area contributed by atoms with Gasteiger partial charge in [-0.05, 0) is 18.2 Å². The lowest BCUT2D eigenvalue weighted by molar-refractivity contribution is -0.129. The number of amides is 2. The molecular weight excluding hydrogens is 356 g/mol. The summed E-state index contributed by atoms with van der Waals surface area (Å²) in [5, 5.41) is 11.3. The van der Waals surface area contributed by atoms with E-state index in [1.165, 1.54) is 11.3 Å². The van der Waals surface area contributed by atoms with Gasteiger partial charge in [0.25, 0.3) is 0 Å². The number of thioether (sulfide) groups is 1. The minimum Gasteiger partial charge on any atom is -0.335 e. The maximum Gasteiger partial charge on any atom is 0.231 e. The molecule has 1 saturated heterocycles. The molecule has 0 unspecified atom stereocenters. The molecule has 132 valence electrons. The van der Waals surface area contributed by atoms with Crippen molar-refractivity contribution in [3.05, 3.63) is 35.9 Å².